The number of halogens is 6. The Hall–Kier alpha value is -1.18. The van der Waals surface area contributed by atoms with Crippen LogP contribution in [0.5, 0.6) is 0 Å². The fourth-order valence-corrected chi connectivity index (χ4v) is 2.46. The molecule has 2 aliphatic rings. The average Bonchev–Trinajstić information content (AvgIpc) is 2.51. The number of hydrogen-bond acceptors (Lipinski definition) is 2. The van der Waals surface area contributed by atoms with Gasteiger partial charge in [-0.1, -0.05) is 6.92 Å². The minimum Gasteiger partial charge on any atom is -0.508 e. The summed E-state index contributed by atoms with van der Waals surface area (Å²) in [6.07, 6.45) is -9.75. The lowest BCUT2D eigenvalue weighted by Gasteiger charge is -2.37. The van der Waals surface area contributed by atoms with Gasteiger partial charge in [0.05, 0.1) is 6.61 Å². The zero-order chi connectivity index (χ0) is 14.7. The molecular weight excluding hydrogens is 278 g/mol. The highest BCUT2D eigenvalue weighted by atomic mass is 19.4. The third-order valence-electron chi connectivity index (χ3n) is 3.49. The van der Waals surface area contributed by atoms with E-state index in [0.29, 0.717) is 6.08 Å². The number of alkyl halides is 6. The maximum Gasteiger partial charge on any atom is 0.430 e. The van der Waals surface area contributed by atoms with Crippen LogP contribution in [0.15, 0.2) is 23.5 Å². The second-order valence-electron chi connectivity index (χ2n) is 4.92. The van der Waals surface area contributed by atoms with Gasteiger partial charge in [-0.15, -0.1) is 0 Å². The van der Waals surface area contributed by atoms with Crippen LogP contribution < -0.4 is 0 Å². The Kier molecular flexibility index (Phi) is 2.76. The molecule has 19 heavy (non-hydrogen) atoms. The molecule has 1 aliphatic carbocycles. The first kappa shape index (κ1) is 14.2. The van der Waals surface area contributed by atoms with Crippen LogP contribution in [0, 0.1) is 5.41 Å². The minimum absolute atomic E-state index is 0.140. The summed E-state index contributed by atoms with van der Waals surface area (Å²) >= 11 is 0. The summed E-state index contributed by atoms with van der Waals surface area (Å²) in [6, 6.07) is 0. The lowest BCUT2D eigenvalue weighted by atomic mass is 9.71. The number of rotatable bonds is 0. The molecule has 0 saturated carbocycles. The van der Waals surface area contributed by atoms with E-state index in [4.69, 9.17) is 0 Å². The molecule has 0 bridgehead atoms. The largest absolute Gasteiger partial charge is 0.508 e. The fourth-order valence-electron chi connectivity index (χ4n) is 2.46. The van der Waals surface area contributed by atoms with Crippen LogP contribution in [0.3, 0.4) is 0 Å². The molecular formula is C11H10F6O2. The van der Waals surface area contributed by atoms with E-state index in [1.165, 1.54) is 13.0 Å². The third-order valence-corrected chi connectivity index (χ3v) is 3.49. The van der Waals surface area contributed by atoms with E-state index in [1.54, 1.807) is 0 Å². The van der Waals surface area contributed by atoms with E-state index in [-0.39, 0.29) is 6.42 Å². The van der Waals surface area contributed by atoms with E-state index in [9.17, 15) is 31.4 Å². The first-order valence-electron chi connectivity index (χ1n) is 5.33. The Labute approximate surface area is 104 Å². The number of aliphatic hydroxyl groups is 1. The van der Waals surface area contributed by atoms with Crippen molar-refractivity contribution in [2.75, 3.05) is 6.61 Å². The molecule has 0 amide bonds. The summed E-state index contributed by atoms with van der Waals surface area (Å²) in [4.78, 5) is 0. The predicted octanol–water partition coefficient (Wildman–Crippen LogP) is 3.66. The maximum atomic E-state index is 13.0. The number of ether oxygens (including phenoxy) is 1. The highest BCUT2D eigenvalue weighted by Crippen LogP contribution is 2.61. The van der Waals surface area contributed by atoms with Gasteiger partial charge < -0.3 is 9.84 Å². The van der Waals surface area contributed by atoms with E-state index >= 15 is 0 Å². The number of aliphatic hydroxyl groups excluding tert-OH is 1. The average molecular weight is 288 g/mol. The molecule has 0 spiro atoms. The van der Waals surface area contributed by atoms with Crippen LogP contribution in [-0.4, -0.2) is 29.7 Å². The zero-order valence-corrected chi connectivity index (χ0v) is 9.69. The van der Waals surface area contributed by atoms with E-state index in [2.05, 4.69) is 4.74 Å². The standard InChI is InChI=1S/C11H10F6O2/c1-8-3-2-6(18)4-7(8)9(19-5-8,10(12,13)14)11(15,16)17/h2,4,18H,3,5H2,1H3. The predicted molar refractivity (Wildman–Crippen MR) is 52.3 cm³/mol. The molecule has 0 aromatic rings. The van der Waals surface area contributed by atoms with Crippen molar-refractivity contribution < 1.29 is 36.2 Å². The van der Waals surface area contributed by atoms with Crippen molar-refractivity contribution in [3.8, 4) is 0 Å². The Morgan fingerprint density at radius 2 is 1.68 bits per heavy atom. The number of hydrogen-bond donors (Lipinski definition) is 1. The summed E-state index contributed by atoms with van der Waals surface area (Å²) in [5, 5.41) is 9.23. The Morgan fingerprint density at radius 1 is 1.16 bits per heavy atom. The smallest absolute Gasteiger partial charge is 0.430 e. The summed E-state index contributed by atoms with van der Waals surface area (Å²) in [7, 11) is 0. The van der Waals surface area contributed by atoms with Gasteiger partial charge >= 0.3 is 12.4 Å². The van der Waals surface area contributed by atoms with Crippen LogP contribution in [0.25, 0.3) is 0 Å². The fraction of sp³-hybridized carbons (Fsp3) is 0.636. The van der Waals surface area contributed by atoms with Crippen LogP contribution in [-0.2, 0) is 4.74 Å². The number of fused-ring (bicyclic) bond motifs is 1. The molecule has 8 heteroatoms. The van der Waals surface area contributed by atoms with Crippen LogP contribution >= 0.6 is 0 Å². The molecule has 1 atom stereocenters. The molecule has 108 valence electrons. The van der Waals surface area contributed by atoms with Crippen molar-refractivity contribution in [2.45, 2.75) is 31.3 Å². The summed E-state index contributed by atoms with van der Waals surface area (Å²) in [5.41, 5.74) is -6.74. The molecule has 1 unspecified atom stereocenters. The van der Waals surface area contributed by atoms with Gasteiger partial charge in [-0.25, -0.2) is 0 Å². The van der Waals surface area contributed by atoms with Gasteiger partial charge in [0.1, 0.15) is 5.76 Å². The highest BCUT2D eigenvalue weighted by molar-refractivity contribution is 5.41. The van der Waals surface area contributed by atoms with Gasteiger partial charge in [-0.3, -0.25) is 0 Å². The van der Waals surface area contributed by atoms with Crippen molar-refractivity contribution in [3.63, 3.8) is 0 Å². The molecule has 0 aromatic heterocycles. The molecule has 0 aromatic carbocycles. The van der Waals surface area contributed by atoms with E-state index < -0.39 is 41.3 Å². The topological polar surface area (TPSA) is 29.5 Å². The highest BCUT2D eigenvalue weighted by Gasteiger charge is 2.79. The maximum absolute atomic E-state index is 13.0. The monoisotopic (exact) mass is 288 g/mol. The van der Waals surface area contributed by atoms with Gasteiger partial charge in [-0.05, 0) is 24.1 Å². The SMILES string of the molecule is CC12CC=C(O)C=C1C(C(F)(F)F)(C(F)(F)F)OC2. The van der Waals surface area contributed by atoms with E-state index in [0.717, 1.165) is 0 Å². The molecule has 1 fully saturated rings. The first-order chi connectivity index (χ1) is 8.44. The minimum atomic E-state index is -5.65. The van der Waals surface area contributed by atoms with Crippen molar-refractivity contribution in [2.24, 2.45) is 5.41 Å². The molecule has 0 radical (unpaired) electrons. The molecule has 1 heterocycles. The van der Waals surface area contributed by atoms with Gasteiger partial charge in [0.15, 0.2) is 0 Å². The van der Waals surface area contributed by atoms with Crippen LogP contribution in [0.1, 0.15) is 13.3 Å². The molecule has 1 N–H and O–H groups in total. The van der Waals surface area contributed by atoms with Crippen molar-refractivity contribution in [3.05, 3.63) is 23.5 Å². The quantitative estimate of drug-likeness (QED) is 0.689. The molecule has 1 aliphatic heterocycles. The third kappa shape index (κ3) is 1.76. The normalized spacial score (nSPS) is 30.7. The summed E-state index contributed by atoms with van der Waals surface area (Å²) in [5.74, 6) is -0.615. The zero-order valence-electron chi connectivity index (χ0n) is 9.69. The van der Waals surface area contributed by atoms with Gasteiger partial charge in [-0.2, -0.15) is 26.3 Å². The van der Waals surface area contributed by atoms with Crippen LogP contribution in [0.2, 0.25) is 0 Å². The Bertz CT molecular complexity index is 445. The van der Waals surface area contributed by atoms with E-state index in [1.807, 2.05) is 0 Å². The lowest BCUT2D eigenvalue weighted by Crippen LogP contribution is -2.58. The number of allylic oxidation sites excluding steroid dienone is 2. The second-order valence-corrected chi connectivity index (χ2v) is 4.92. The van der Waals surface area contributed by atoms with Gasteiger partial charge in [0.2, 0.25) is 0 Å². The first-order valence-corrected chi connectivity index (χ1v) is 5.33. The molecule has 2 nitrogen and oxygen atoms in total. The van der Waals surface area contributed by atoms with Crippen molar-refractivity contribution >= 4 is 0 Å². The summed E-state index contributed by atoms with van der Waals surface area (Å²) in [6.45, 7) is 0.544. The van der Waals surface area contributed by atoms with Crippen molar-refractivity contribution in [1.29, 1.82) is 0 Å². The van der Waals surface area contributed by atoms with Gasteiger partial charge in [0, 0.05) is 5.41 Å². The van der Waals surface area contributed by atoms with Gasteiger partial charge in [0.25, 0.3) is 5.60 Å². The summed E-state index contributed by atoms with van der Waals surface area (Å²) < 4.78 is 82.2. The Balaban J connectivity index is 2.68. The molecule has 2 rings (SSSR count). The molecule has 1 saturated heterocycles. The lowest BCUT2D eigenvalue weighted by molar-refractivity contribution is -0.354. The second kappa shape index (κ2) is 3.68. The Morgan fingerprint density at radius 3 is 2.16 bits per heavy atom. The van der Waals surface area contributed by atoms with Crippen LogP contribution in [0.4, 0.5) is 26.3 Å². The van der Waals surface area contributed by atoms with Crippen molar-refractivity contribution in [1.82, 2.24) is 0 Å².